The SMILES string of the molecule is O=[N+]([O-])C(C(Nc1ccccc1)c1ccccc1)([N+](=O)[O-])[N+](=O)[O-]. The lowest BCUT2D eigenvalue weighted by Crippen LogP contribution is -2.59. The maximum atomic E-state index is 11.4. The van der Waals surface area contributed by atoms with Crippen LogP contribution in [0, 0.1) is 30.3 Å². The lowest BCUT2D eigenvalue weighted by atomic mass is 10.00. The van der Waals surface area contributed by atoms with Crippen molar-refractivity contribution in [3.8, 4) is 0 Å². The number of nitro groups is 3. The van der Waals surface area contributed by atoms with Crippen molar-refractivity contribution in [1.82, 2.24) is 0 Å². The first-order valence-electron chi connectivity index (χ1n) is 6.70. The molecule has 0 amide bonds. The van der Waals surface area contributed by atoms with E-state index >= 15 is 0 Å². The zero-order valence-electron chi connectivity index (χ0n) is 12.1. The van der Waals surface area contributed by atoms with Gasteiger partial charge in [0.1, 0.15) is 0 Å². The molecule has 0 saturated carbocycles. The van der Waals surface area contributed by atoms with Crippen LogP contribution in [0.25, 0.3) is 0 Å². The summed E-state index contributed by atoms with van der Waals surface area (Å²) >= 11 is 0. The van der Waals surface area contributed by atoms with E-state index < -0.39 is 26.6 Å². The molecule has 2 aromatic rings. The van der Waals surface area contributed by atoms with Crippen molar-refractivity contribution in [2.24, 2.45) is 0 Å². The van der Waals surface area contributed by atoms with Crippen LogP contribution >= 0.6 is 0 Å². The van der Waals surface area contributed by atoms with Crippen molar-refractivity contribution in [3.63, 3.8) is 0 Å². The van der Waals surface area contributed by atoms with Gasteiger partial charge in [0.25, 0.3) is 6.04 Å². The van der Waals surface area contributed by atoms with Crippen LogP contribution in [-0.4, -0.2) is 20.6 Å². The Balaban J connectivity index is 2.65. The molecule has 1 atom stereocenters. The summed E-state index contributed by atoms with van der Waals surface area (Å²) in [5.74, 6) is -3.67. The first-order valence-corrected chi connectivity index (χ1v) is 6.70. The Kier molecular flexibility index (Phi) is 4.68. The van der Waals surface area contributed by atoms with Crippen LogP contribution < -0.4 is 5.32 Å². The average Bonchev–Trinajstić information content (AvgIpc) is 2.55. The summed E-state index contributed by atoms with van der Waals surface area (Å²) in [6, 6.07) is 13.3. The smallest absolute Gasteiger partial charge is 0.359 e. The number of para-hydroxylation sites is 1. The predicted octanol–water partition coefficient (Wildman–Crippen LogP) is 2.32. The number of benzene rings is 2. The summed E-state index contributed by atoms with van der Waals surface area (Å²) in [5, 5.41) is 36.7. The molecule has 0 saturated heterocycles. The highest BCUT2D eigenvalue weighted by Crippen LogP contribution is 2.33. The van der Waals surface area contributed by atoms with E-state index in [1.54, 1.807) is 24.3 Å². The number of anilines is 1. The Morgan fingerprint density at radius 2 is 1.17 bits per heavy atom. The van der Waals surface area contributed by atoms with Crippen molar-refractivity contribution < 1.29 is 14.8 Å². The van der Waals surface area contributed by atoms with Crippen LogP contribution in [-0.2, 0) is 0 Å². The van der Waals surface area contributed by atoms with E-state index in [2.05, 4.69) is 5.32 Å². The van der Waals surface area contributed by atoms with Gasteiger partial charge in [-0.15, -0.1) is 0 Å². The average molecular weight is 332 g/mol. The van der Waals surface area contributed by atoms with Crippen LogP contribution in [0.5, 0.6) is 0 Å². The molecular weight excluding hydrogens is 320 g/mol. The van der Waals surface area contributed by atoms with Gasteiger partial charge < -0.3 is 5.32 Å². The van der Waals surface area contributed by atoms with E-state index in [1.807, 2.05) is 0 Å². The third-order valence-corrected chi connectivity index (χ3v) is 3.41. The number of hydrogen-bond donors (Lipinski definition) is 1. The third kappa shape index (κ3) is 2.84. The predicted molar refractivity (Wildman–Crippen MR) is 83.0 cm³/mol. The van der Waals surface area contributed by atoms with Crippen molar-refractivity contribution in [3.05, 3.63) is 96.6 Å². The van der Waals surface area contributed by atoms with E-state index in [0.717, 1.165) is 0 Å². The molecule has 0 aromatic heterocycles. The molecule has 0 aliphatic carbocycles. The Morgan fingerprint density at radius 1 is 0.750 bits per heavy atom. The summed E-state index contributed by atoms with van der Waals surface area (Å²) in [7, 11) is 0. The summed E-state index contributed by atoms with van der Waals surface area (Å²) in [5.41, 5.74) is 0.327. The van der Waals surface area contributed by atoms with Crippen LogP contribution in [0.15, 0.2) is 60.7 Å². The Morgan fingerprint density at radius 3 is 1.58 bits per heavy atom. The maximum absolute atomic E-state index is 11.4. The molecule has 1 N–H and O–H groups in total. The van der Waals surface area contributed by atoms with E-state index in [0.29, 0.717) is 0 Å². The van der Waals surface area contributed by atoms with E-state index in [1.165, 1.54) is 36.4 Å². The van der Waals surface area contributed by atoms with Crippen LogP contribution in [0.2, 0.25) is 0 Å². The monoisotopic (exact) mass is 332 g/mol. The van der Waals surface area contributed by atoms with Crippen LogP contribution in [0.4, 0.5) is 5.69 Å². The number of nitrogens with one attached hydrogen (secondary N) is 1. The highest BCUT2D eigenvalue weighted by molar-refractivity contribution is 5.45. The van der Waals surface area contributed by atoms with Crippen LogP contribution in [0.3, 0.4) is 0 Å². The first-order chi connectivity index (χ1) is 11.4. The fraction of sp³-hybridized carbons (Fsp3) is 0.143. The lowest BCUT2D eigenvalue weighted by Gasteiger charge is -2.21. The molecule has 0 aliphatic heterocycles. The number of nitrogens with zero attached hydrogens (tertiary/aromatic N) is 3. The molecule has 0 fully saturated rings. The molecule has 0 radical (unpaired) electrons. The van der Waals surface area contributed by atoms with Crippen LogP contribution in [0.1, 0.15) is 11.6 Å². The highest BCUT2D eigenvalue weighted by atomic mass is 16.7. The fourth-order valence-electron chi connectivity index (χ4n) is 2.27. The van der Waals surface area contributed by atoms with Gasteiger partial charge >= 0.3 is 5.79 Å². The summed E-state index contributed by atoms with van der Waals surface area (Å²) in [4.78, 5) is 29.7. The molecule has 1 unspecified atom stereocenters. The van der Waals surface area contributed by atoms with Gasteiger partial charge in [-0.1, -0.05) is 48.5 Å². The Bertz CT molecular complexity index is 716. The zero-order valence-corrected chi connectivity index (χ0v) is 12.1. The molecule has 2 rings (SSSR count). The normalized spacial score (nSPS) is 12.2. The minimum absolute atomic E-state index is 0.0476. The molecule has 24 heavy (non-hydrogen) atoms. The molecule has 0 bridgehead atoms. The third-order valence-electron chi connectivity index (χ3n) is 3.41. The van der Waals surface area contributed by atoms with Gasteiger partial charge in [-0.05, 0) is 17.7 Å². The van der Waals surface area contributed by atoms with Gasteiger partial charge in [0.15, 0.2) is 14.8 Å². The molecule has 0 aliphatic rings. The van der Waals surface area contributed by atoms with E-state index in [4.69, 9.17) is 0 Å². The second-order valence-corrected chi connectivity index (χ2v) is 4.81. The zero-order chi connectivity index (χ0) is 17.7. The lowest BCUT2D eigenvalue weighted by molar-refractivity contribution is -0.972. The van der Waals surface area contributed by atoms with Crippen molar-refractivity contribution >= 4 is 5.69 Å². The second kappa shape index (κ2) is 6.69. The molecule has 10 heteroatoms. The summed E-state index contributed by atoms with van der Waals surface area (Å²) in [6.45, 7) is 0. The summed E-state index contributed by atoms with van der Waals surface area (Å²) < 4.78 is 0. The molecular formula is C14H12N4O6. The standard InChI is InChI=1S/C14H12N4O6/c19-16(20)14(17(21)22,18(23)24)13(11-7-3-1-4-8-11)15-12-9-5-2-6-10-12/h1-10,13,15H. The molecule has 2 aromatic carbocycles. The number of rotatable bonds is 7. The fourth-order valence-corrected chi connectivity index (χ4v) is 2.27. The molecule has 10 nitrogen and oxygen atoms in total. The highest BCUT2D eigenvalue weighted by Gasteiger charge is 2.77. The van der Waals surface area contributed by atoms with Gasteiger partial charge in [-0.25, -0.2) is 0 Å². The Labute approximate surface area is 135 Å². The van der Waals surface area contributed by atoms with Gasteiger partial charge in [0.05, 0.1) is 0 Å². The molecule has 0 heterocycles. The van der Waals surface area contributed by atoms with Gasteiger partial charge in [-0.3, -0.25) is 30.3 Å². The van der Waals surface area contributed by atoms with E-state index in [9.17, 15) is 30.3 Å². The maximum Gasteiger partial charge on any atom is 0.724 e. The van der Waals surface area contributed by atoms with E-state index in [-0.39, 0.29) is 11.3 Å². The van der Waals surface area contributed by atoms with Crippen molar-refractivity contribution in [2.75, 3.05) is 5.32 Å². The Hall–Kier alpha value is -3.56. The minimum Gasteiger partial charge on any atom is -0.359 e. The van der Waals surface area contributed by atoms with Gasteiger partial charge in [0.2, 0.25) is 0 Å². The number of hydrogen-bond acceptors (Lipinski definition) is 7. The topological polar surface area (TPSA) is 141 Å². The molecule has 0 spiro atoms. The van der Waals surface area contributed by atoms with Crippen molar-refractivity contribution in [1.29, 1.82) is 0 Å². The van der Waals surface area contributed by atoms with Gasteiger partial charge in [-0.2, -0.15) is 0 Å². The van der Waals surface area contributed by atoms with Crippen molar-refractivity contribution in [2.45, 2.75) is 11.8 Å². The van der Waals surface area contributed by atoms with Gasteiger partial charge in [0, 0.05) is 5.69 Å². The largest absolute Gasteiger partial charge is 0.724 e. The first kappa shape index (κ1) is 16.8. The quantitative estimate of drug-likeness (QED) is 0.465. The minimum atomic E-state index is -3.67. The molecule has 124 valence electrons. The summed E-state index contributed by atoms with van der Waals surface area (Å²) in [6.07, 6.45) is 0. The second-order valence-electron chi connectivity index (χ2n) is 4.81.